The van der Waals surface area contributed by atoms with E-state index in [1.807, 2.05) is 12.3 Å². The van der Waals surface area contributed by atoms with E-state index >= 15 is 0 Å². The van der Waals surface area contributed by atoms with E-state index in [1.54, 1.807) is 0 Å². The van der Waals surface area contributed by atoms with Gasteiger partial charge in [-0.1, -0.05) is 6.92 Å². The van der Waals surface area contributed by atoms with Gasteiger partial charge in [0.2, 0.25) is 0 Å². The van der Waals surface area contributed by atoms with Gasteiger partial charge in [0.15, 0.2) is 5.51 Å². The molecule has 2 nitrogen and oxygen atoms in total. The topological polar surface area (TPSA) is 33.1 Å². The van der Waals surface area contributed by atoms with Crippen molar-refractivity contribution in [1.29, 1.82) is 0 Å². The van der Waals surface area contributed by atoms with E-state index in [0.29, 0.717) is 0 Å². The monoisotopic (exact) mass is 142 g/mol. The van der Waals surface area contributed by atoms with Crippen LogP contribution in [-0.2, 0) is 0 Å². The number of aliphatic hydroxyl groups excluding tert-OH is 1. The molecular weight excluding hydrogens is 134 g/mol. The lowest BCUT2D eigenvalue weighted by atomic mass is 10.2. The Morgan fingerprint density at radius 1 is 2.00 bits per heavy atom. The van der Waals surface area contributed by atoms with Gasteiger partial charge in [0.25, 0.3) is 0 Å². The van der Waals surface area contributed by atoms with Crippen molar-refractivity contribution in [1.82, 2.24) is 4.98 Å². The normalized spacial score (nSPS) is 13.6. The van der Waals surface area contributed by atoms with Crippen LogP contribution in [0.1, 0.15) is 25.1 Å². The van der Waals surface area contributed by atoms with Crippen molar-refractivity contribution in [3.8, 4) is 0 Å². The summed E-state index contributed by atoms with van der Waals surface area (Å²) in [4.78, 5) is 3.83. The zero-order valence-electron chi connectivity index (χ0n) is 5.16. The summed E-state index contributed by atoms with van der Waals surface area (Å²) in [7, 11) is 0. The molecule has 1 heterocycles. The Bertz CT molecular complexity index is 162. The number of rotatable bonds is 2. The Morgan fingerprint density at radius 3 is 3.22 bits per heavy atom. The maximum atomic E-state index is 9.14. The van der Waals surface area contributed by atoms with E-state index in [4.69, 9.17) is 5.11 Å². The SMILES string of the molecule is CCC(O)c1cs[c]n1. The first kappa shape index (κ1) is 6.71. The summed E-state index contributed by atoms with van der Waals surface area (Å²) >= 11 is 1.39. The maximum absolute atomic E-state index is 9.14. The minimum absolute atomic E-state index is 0.396. The molecule has 1 N–H and O–H groups in total. The highest BCUT2D eigenvalue weighted by molar-refractivity contribution is 7.07. The Morgan fingerprint density at radius 2 is 2.78 bits per heavy atom. The molecule has 0 fully saturated rings. The first-order valence-corrected chi connectivity index (χ1v) is 3.72. The fraction of sp³-hybridized carbons (Fsp3) is 0.500. The third kappa shape index (κ3) is 1.50. The zero-order valence-corrected chi connectivity index (χ0v) is 5.98. The molecule has 1 radical (unpaired) electrons. The highest BCUT2D eigenvalue weighted by atomic mass is 32.1. The van der Waals surface area contributed by atoms with E-state index in [-0.39, 0.29) is 0 Å². The number of aromatic nitrogens is 1. The summed E-state index contributed by atoms with van der Waals surface area (Å²) in [6.45, 7) is 1.92. The van der Waals surface area contributed by atoms with Crippen molar-refractivity contribution in [3.63, 3.8) is 0 Å². The second kappa shape index (κ2) is 2.94. The van der Waals surface area contributed by atoms with Crippen molar-refractivity contribution in [2.45, 2.75) is 19.4 Å². The molecule has 49 valence electrons. The molecule has 0 aromatic carbocycles. The van der Waals surface area contributed by atoms with Gasteiger partial charge in [-0.2, -0.15) is 0 Å². The standard InChI is InChI=1S/C6H8NOS/c1-2-6(8)5-3-9-4-7-5/h3,6,8H,2H2,1H3. The molecular formula is C6H8NOS. The molecule has 1 aromatic rings. The van der Waals surface area contributed by atoms with Crippen LogP contribution in [0.25, 0.3) is 0 Å². The molecule has 0 spiro atoms. The number of hydrogen-bond acceptors (Lipinski definition) is 3. The van der Waals surface area contributed by atoms with Gasteiger partial charge in [0, 0.05) is 5.38 Å². The summed E-state index contributed by atoms with van der Waals surface area (Å²) in [6, 6.07) is 0. The van der Waals surface area contributed by atoms with Crippen LogP contribution in [0.5, 0.6) is 0 Å². The predicted octanol–water partition coefficient (Wildman–Crippen LogP) is 1.39. The van der Waals surface area contributed by atoms with Crippen LogP contribution in [0.4, 0.5) is 0 Å². The molecule has 0 bridgehead atoms. The molecule has 9 heavy (non-hydrogen) atoms. The van der Waals surface area contributed by atoms with Gasteiger partial charge in [0.05, 0.1) is 11.8 Å². The Labute approximate surface area is 58.2 Å². The summed E-state index contributed by atoms with van der Waals surface area (Å²) in [5, 5.41) is 11.0. The first-order valence-electron chi connectivity index (χ1n) is 2.84. The van der Waals surface area contributed by atoms with Crippen LogP contribution >= 0.6 is 11.3 Å². The van der Waals surface area contributed by atoms with Crippen molar-refractivity contribution < 1.29 is 5.11 Å². The second-order valence-corrected chi connectivity index (χ2v) is 2.44. The van der Waals surface area contributed by atoms with Crippen LogP contribution < -0.4 is 0 Å². The molecule has 0 aliphatic rings. The Balaban J connectivity index is 2.65. The number of aliphatic hydroxyl groups is 1. The Kier molecular flexibility index (Phi) is 2.19. The molecule has 0 aliphatic heterocycles. The van der Waals surface area contributed by atoms with Gasteiger partial charge in [-0.15, -0.1) is 11.3 Å². The molecule has 1 rings (SSSR count). The van der Waals surface area contributed by atoms with Crippen molar-refractivity contribution >= 4 is 11.3 Å². The molecule has 3 heteroatoms. The van der Waals surface area contributed by atoms with Crippen LogP contribution in [0.15, 0.2) is 5.38 Å². The number of nitrogens with zero attached hydrogens (tertiary/aromatic N) is 1. The largest absolute Gasteiger partial charge is 0.387 e. The molecule has 1 unspecified atom stereocenters. The summed E-state index contributed by atoms with van der Waals surface area (Å²) in [5.41, 5.74) is 3.42. The first-order chi connectivity index (χ1) is 4.34. The number of hydrogen-bond donors (Lipinski definition) is 1. The van der Waals surface area contributed by atoms with Crippen molar-refractivity contribution in [2.24, 2.45) is 0 Å². The van der Waals surface area contributed by atoms with E-state index in [0.717, 1.165) is 12.1 Å². The van der Waals surface area contributed by atoms with Crippen LogP contribution in [0, 0.1) is 5.51 Å². The molecule has 0 amide bonds. The average Bonchev–Trinajstić information content (AvgIpc) is 2.37. The van der Waals surface area contributed by atoms with Crippen LogP contribution in [-0.4, -0.2) is 10.1 Å². The van der Waals surface area contributed by atoms with Crippen molar-refractivity contribution in [3.05, 3.63) is 16.6 Å². The lowest BCUT2D eigenvalue weighted by Gasteiger charge is -2.00. The van der Waals surface area contributed by atoms with Crippen LogP contribution in [0.2, 0.25) is 0 Å². The molecule has 0 saturated heterocycles. The molecule has 1 atom stereocenters. The maximum Gasteiger partial charge on any atom is 0.152 e. The fourth-order valence-corrected chi connectivity index (χ4v) is 1.10. The van der Waals surface area contributed by atoms with Gasteiger partial charge in [-0.25, -0.2) is 4.98 Å². The van der Waals surface area contributed by atoms with Gasteiger partial charge in [-0.3, -0.25) is 0 Å². The highest BCUT2D eigenvalue weighted by Gasteiger charge is 2.04. The third-order valence-electron chi connectivity index (χ3n) is 1.14. The summed E-state index contributed by atoms with van der Waals surface area (Å²) in [6.07, 6.45) is 0.324. The minimum Gasteiger partial charge on any atom is -0.387 e. The number of thiazole rings is 1. The zero-order chi connectivity index (χ0) is 6.69. The predicted molar refractivity (Wildman–Crippen MR) is 36.2 cm³/mol. The van der Waals surface area contributed by atoms with Crippen molar-refractivity contribution in [2.75, 3.05) is 0 Å². The third-order valence-corrected chi connectivity index (χ3v) is 1.69. The summed E-state index contributed by atoms with van der Waals surface area (Å²) < 4.78 is 0. The van der Waals surface area contributed by atoms with Gasteiger partial charge >= 0.3 is 0 Å². The quantitative estimate of drug-likeness (QED) is 0.676. The fourth-order valence-electron chi connectivity index (χ4n) is 0.554. The van der Waals surface area contributed by atoms with E-state index < -0.39 is 6.10 Å². The smallest absolute Gasteiger partial charge is 0.152 e. The highest BCUT2D eigenvalue weighted by Crippen LogP contribution is 2.14. The van der Waals surface area contributed by atoms with Crippen LogP contribution in [0.3, 0.4) is 0 Å². The lowest BCUT2D eigenvalue weighted by Crippen LogP contribution is -1.93. The van der Waals surface area contributed by atoms with Gasteiger partial charge < -0.3 is 5.11 Å². The molecule has 1 aromatic heterocycles. The molecule has 0 saturated carbocycles. The van der Waals surface area contributed by atoms with E-state index in [1.165, 1.54) is 11.3 Å². The average molecular weight is 142 g/mol. The lowest BCUT2D eigenvalue weighted by molar-refractivity contribution is 0.169. The van der Waals surface area contributed by atoms with Gasteiger partial charge in [-0.05, 0) is 6.42 Å². The Hall–Kier alpha value is -0.410. The van der Waals surface area contributed by atoms with Gasteiger partial charge in [0.1, 0.15) is 0 Å². The van der Waals surface area contributed by atoms with E-state index in [2.05, 4.69) is 10.5 Å². The molecule has 0 aliphatic carbocycles. The minimum atomic E-state index is -0.396. The summed E-state index contributed by atoms with van der Waals surface area (Å²) in [5.74, 6) is 0. The second-order valence-electron chi connectivity index (χ2n) is 1.79. The van der Waals surface area contributed by atoms with E-state index in [9.17, 15) is 0 Å².